The van der Waals surface area contributed by atoms with Gasteiger partial charge in [-0.25, -0.2) is 0 Å². The van der Waals surface area contributed by atoms with Crippen molar-refractivity contribution < 1.29 is 9.59 Å². The van der Waals surface area contributed by atoms with E-state index in [4.69, 9.17) is 0 Å². The van der Waals surface area contributed by atoms with Crippen molar-refractivity contribution in [3.05, 3.63) is 63.2 Å². The van der Waals surface area contributed by atoms with E-state index in [9.17, 15) is 9.59 Å². The molecule has 0 saturated heterocycles. The van der Waals surface area contributed by atoms with Crippen molar-refractivity contribution >= 4 is 40.1 Å². The van der Waals surface area contributed by atoms with E-state index >= 15 is 0 Å². The van der Waals surface area contributed by atoms with Gasteiger partial charge in [0.2, 0.25) is 0 Å². The molecule has 0 radical (unpaired) electrons. The average molecular weight is 422 g/mol. The van der Waals surface area contributed by atoms with E-state index in [2.05, 4.69) is 33.2 Å². The van der Waals surface area contributed by atoms with Gasteiger partial charge in [0, 0.05) is 21.4 Å². The standard InChI is InChI=1S/C18H19IN2O2/c1-12(2)11-20-17(22)13-7-9-14(10-8-13)21-18(23)15-5-3-4-6-16(15)19/h3-10,12H,11H2,1-2H3,(H,20,22)(H,21,23). The van der Waals surface area contributed by atoms with Crippen molar-refractivity contribution in [2.45, 2.75) is 13.8 Å². The summed E-state index contributed by atoms with van der Waals surface area (Å²) in [5.74, 6) is 0.145. The largest absolute Gasteiger partial charge is 0.352 e. The Kier molecular flexibility index (Phi) is 6.15. The van der Waals surface area contributed by atoms with E-state index in [1.165, 1.54) is 0 Å². The van der Waals surface area contributed by atoms with Crippen molar-refractivity contribution in [3.63, 3.8) is 0 Å². The van der Waals surface area contributed by atoms with Gasteiger partial charge in [0.15, 0.2) is 0 Å². The van der Waals surface area contributed by atoms with Gasteiger partial charge in [0.05, 0.1) is 5.56 Å². The molecule has 2 amide bonds. The van der Waals surface area contributed by atoms with Crippen LogP contribution in [0.1, 0.15) is 34.6 Å². The highest BCUT2D eigenvalue weighted by Crippen LogP contribution is 2.15. The number of carbonyl (C=O) groups excluding carboxylic acids is 2. The molecule has 0 saturated carbocycles. The van der Waals surface area contributed by atoms with Crippen LogP contribution in [0.3, 0.4) is 0 Å². The zero-order chi connectivity index (χ0) is 16.8. The van der Waals surface area contributed by atoms with Crippen molar-refractivity contribution in [1.82, 2.24) is 5.32 Å². The van der Waals surface area contributed by atoms with E-state index in [1.807, 2.05) is 32.0 Å². The number of anilines is 1. The summed E-state index contributed by atoms with van der Waals surface area (Å²) < 4.78 is 0.896. The summed E-state index contributed by atoms with van der Waals surface area (Å²) in [5.41, 5.74) is 1.87. The third-order valence-corrected chi connectivity index (χ3v) is 4.13. The van der Waals surface area contributed by atoms with Crippen molar-refractivity contribution in [3.8, 4) is 0 Å². The molecule has 0 unspecified atom stereocenters. The summed E-state index contributed by atoms with van der Waals surface area (Å²) in [6.45, 7) is 4.73. The van der Waals surface area contributed by atoms with Gasteiger partial charge in [0.25, 0.3) is 11.8 Å². The maximum absolute atomic E-state index is 12.2. The number of halogens is 1. The van der Waals surface area contributed by atoms with Gasteiger partial charge >= 0.3 is 0 Å². The summed E-state index contributed by atoms with van der Waals surface area (Å²) >= 11 is 2.13. The maximum atomic E-state index is 12.2. The van der Waals surface area contributed by atoms with Crippen LogP contribution in [0.4, 0.5) is 5.69 Å². The number of hydrogen-bond donors (Lipinski definition) is 2. The molecule has 2 N–H and O–H groups in total. The number of benzene rings is 2. The second-order valence-corrected chi connectivity index (χ2v) is 6.78. The van der Waals surface area contributed by atoms with Crippen LogP contribution in [0.5, 0.6) is 0 Å². The number of carbonyl (C=O) groups is 2. The Morgan fingerprint density at radius 3 is 2.26 bits per heavy atom. The van der Waals surface area contributed by atoms with Crippen LogP contribution in [0.2, 0.25) is 0 Å². The van der Waals surface area contributed by atoms with Crippen LogP contribution >= 0.6 is 22.6 Å². The van der Waals surface area contributed by atoms with Crippen LogP contribution in [0, 0.1) is 9.49 Å². The number of amides is 2. The molecule has 0 spiro atoms. The third-order valence-electron chi connectivity index (χ3n) is 3.19. The molecule has 23 heavy (non-hydrogen) atoms. The Morgan fingerprint density at radius 2 is 1.65 bits per heavy atom. The Labute approximate surface area is 149 Å². The van der Waals surface area contributed by atoms with Gasteiger partial charge in [-0.2, -0.15) is 0 Å². The lowest BCUT2D eigenvalue weighted by Crippen LogP contribution is -2.27. The van der Waals surface area contributed by atoms with Crippen molar-refractivity contribution in [1.29, 1.82) is 0 Å². The fraction of sp³-hybridized carbons (Fsp3) is 0.222. The zero-order valence-corrected chi connectivity index (χ0v) is 15.3. The van der Waals surface area contributed by atoms with E-state index in [1.54, 1.807) is 30.3 Å². The second-order valence-electron chi connectivity index (χ2n) is 5.62. The lowest BCUT2D eigenvalue weighted by Gasteiger charge is -2.09. The third kappa shape index (κ3) is 5.06. The van der Waals surface area contributed by atoms with E-state index in [-0.39, 0.29) is 11.8 Å². The Morgan fingerprint density at radius 1 is 1.00 bits per heavy atom. The van der Waals surface area contributed by atoms with Gasteiger partial charge in [-0.05, 0) is 64.9 Å². The number of rotatable bonds is 5. The van der Waals surface area contributed by atoms with Crippen molar-refractivity contribution in [2.24, 2.45) is 5.92 Å². The molecule has 5 heteroatoms. The summed E-state index contributed by atoms with van der Waals surface area (Å²) in [6.07, 6.45) is 0. The summed E-state index contributed by atoms with van der Waals surface area (Å²) in [7, 11) is 0. The first-order chi connectivity index (χ1) is 11.0. The minimum absolute atomic E-state index is 0.103. The van der Waals surface area contributed by atoms with Gasteiger partial charge in [-0.15, -0.1) is 0 Å². The zero-order valence-electron chi connectivity index (χ0n) is 13.1. The van der Waals surface area contributed by atoms with Gasteiger partial charge < -0.3 is 10.6 Å². The topological polar surface area (TPSA) is 58.2 Å². The van der Waals surface area contributed by atoms with E-state index in [0.29, 0.717) is 29.3 Å². The van der Waals surface area contributed by atoms with Gasteiger partial charge in [-0.3, -0.25) is 9.59 Å². The number of nitrogens with one attached hydrogen (secondary N) is 2. The molecule has 0 fully saturated rings. The molecular weight excluding hydrogens is 403 g/mol. The normalized spacial score (nSPS) is 10.4. The Hall–Kier alpha value is -1.89. The highest BCUT2D eigenvalue weighted by Gasteiger charge is 2.10. The first kappa shape index (κ1) is 17.5. The van der Waals surface area contributed by atoms with E-state index in [0.717, 1.165) is 3.57 Å². The first-order valence-electron chi connectivity index (χ1n) is 7.41. The van der Waals surface area contributed by atoms with E-state index < -0.39 is 0 Å². The molecule has 120 valence electrons. The molecule has 0 bridgehead atoms. The summed E-state index contributed by atoms with van der Waals surface area (Å²) in [4.78, 5) is 24.2. The fourth-order valence-electron chi connectivity index (χ4n) is 1.95. The second kappa shape index (κ2) is 8.10. The highest BCUT2D eigenvalue weighted by molar-refractivity contribution is 14.1. The highest BCUT2D eigenvalue weighted by atomic mass is 127. The fourth-order valence-corrected chi connectivity index (χ4v) is 2.58. The predicted octanol–water partition coefficient (Wildman–Crippen LogP) is 3.93. The van der Waals surface area contributed by atoms with Gasteiger partial charge in [-0.1, -0.05) is 26.0 Å². The monoisotopic (exact) mass is 422 g/mol. The maximum Gasteiger partial charge on any atom is 0.256 e. The molecule has 0 heterocycles. The molecule has 0 aliphatic rings. The quantitative estimate of drug-likeness (QED) is 0.718. The predicted molar refractivity (Wildman–Crippen MR) is 101 cm³/mol. The Bertz CT molecular complexity index is 696. The molecule has 2 rings (SSSR count). The molecule has 2 aromatic carbocycles. The smallest absolute Gasteiger partial charge is 0.256 e. The summed E-state index contributed by atoms with van der Waals surface area (Å²) in [5, 5.41) is 5.70. The Balaban J connectivity index is 2.01. The molecule has 0 aliphatic carbocycles. The van der Waals surface area contributed by atoms with Crippen molar-refractivity contribution in [2.75, 3.05) is 11.9 Å². The number of hydrogen-bond acceptors (Lipinski definition) is 2. The SMILES string of the molecule is CC(C)CNC(=O)c1ccc(NC(=O)c2ccccc2I)cc1. The molecule has 0 aliphatic heterocycles. The lowest BCUT2D eigenvalue weighted by atomic mass is 10.1. The summed E-state index contributed by atoms with van der Waals surface area (Å²) in [6, 6.07) is 14.3. The molecule has 2 aromatic rings. The molecular formula is C18H19IN2O2. The van der Waals surface area contributed by atoms with Crippen LogP contribution in [0.25, 0.3) is 0 Å². The average Bonchev–Trinajstić information content (AvgIpc) is 2.53. The lowest BCUT2D eigenvalue weighted by molar-refractivity contribution is 0.0948. The van der Waals surface area contributed by atoms with Crippen LogP contribution < -0.4 is 10.6 Å². The van der Waals surface area contributed by atoms with Crippen LogP contribution in [-0.2, 0) is 0 Å². The van der Waals surface area contributed by atoms with Crippen LogP contribution in [-0.4, -0.2) is 18.4 Å². The minimum atomic E-state index is -0.160. The molecule has 4 nitrogen and oxygen atoms in total. The minimum Gasteiger partial charge on any atom is -0.352 e. The van der Waals surface area contributed by atoms with Crippen LogP contribution in [0.15, 0.2) is 48.5 Å². The van der Waals surface area contributed by atoms with Gasteiger partial charge in [0.1, 0.15) is 0 Å². The first-order valence-corrected chi connectivity index (χ1v) is 8.49. The molecule has 0 atom stereocenters. The molecule has 0 aromatic heterocycles.